The van der Waals surface area contributed by atoms with Crippen LogP contribution in [0.5, 0.6) is 0 Å². The van der Waals surface area contributed by atoms with Crippen molar-refractivity contribution in [3.05, 3.63) is 23.7 Å². The molecule has 0 amide bonds. The predicted molar refractivity (Wildman–Crippen MR) is 83.4 cm³/mol. The van der Waals surface area contributed by atoms with Crippen molar-refractivity contribution < 1.29 is 4.42 Å². The molecule has 0 saturated heterocycles. The molecule has 108 valence electrons. The van der Waals surface area contributed by atoms with Crippen LogP contribution in [-0.2, 0) is 12.3 Å². The topological polar surface area (TPSA) is 25.2 Å². The summed E-state index contributed by atoms with van der Waals surface area (Å²) in [4.78, 5) is 0. The molecule has 0 aliphatic heterocycles. The SMILES string of the molecule is CSCc1ccc(CN[C@@H](C)C2CCCCCC2)o1. The van der Waals surface area contributed by atoms with E-state index >= 15 is 0 Å². The van der Waals surface area contributed by atoms with Gasteiger partial charge in [0.25, 0.3) is 0 Å². The van der Waals surface area contributed by atoms with E-state index in [1.54, 1.807) is 11.8 Å². The summed E-state index contributed by atoms with van der Waals surface area (Å²) in [6.45, 7) is 3.20. The van der Waals surface area contributed by atoms with Gasteiger partial charge in [0.05, 0.1) is 12.3 Å². The molecule has 1 aromatic heterocycles. The highest BCUT2D eigenvalue weighted by atomic mass is 32.2. The fourth-order valence-electron chi connectivity index (χ4n) is 2.98. The zero-order valence-corrected chi connectivity index (χ0v) is 13.1. The van der Waals surface area contributed by atoms with Crippen molar-refractivity contribution in [1.82, 2.24) is 5.32 Å². The second kappa shape index (κ2) is 8.01. The first-order valence-corrected chi connectivity index (χ1v) is 8.99. The molecule has 1 heterocycles. The Labute approximate surface area is 121 Å². The molecule has 2 rings (SSSR count). The minimum absolute atomic E-state index is 0.604. The number of hydrogen-bond acceptors (Lipinski definition) is 3. The molecule has 0 aromatic carbocycles. The van der Waals surface area contributed by atoms with E-state index in [0.717, 1.165) is 29.7 Å². The lowest BCUT2D eigenvalue weighted by Gasteiger charge is -2.23. The summed E-state index contributed by atoms with van der Waals surface area (Å²) in [5.74, 6) is 3.98. The number of hydrogen-bond donors (Lipinski definition) is 1. The fourth-order valence-corrected chi connectivity index (χ4v) is 3.42. The minimum Gasteiger partial charge on any atom is -0.464 e. The Bertz CT molecular complexity index is 355. The summed E-state index contributed by atoms with van der Waals surface area (Å²) in [6, 6.07) is 4.81. The Morgan fingerprint density at radius 2 is 1.89 bits per heavy atom. The van der Waals surface area contributed by atoms with Crippen LogP contribution >= 0.6 is 11.8 Å². The van der Waals surface area contributed by atoms with Crippen molar-refractivity contribution in [2.75, 3.05) is 6.26 Å². The van der Waals surface area contributed by atoms with E-state index in [4.69, 9.17) is 4.42 Å². The van der Waals surface area contributed by atoms with Gasteiger partial charge < -0.3 is 9.73 Å². The van der Waals surface area contributed by atoms with Gasteiger partial charge in [-0.25, -0.2) is 0 Å². The third-order valence-electron chi connectivity index (χ3n) is 4.21. The molecule has 1 fully saturated rings. The molecular weight excluding hydrogens is 254 g/mol. The summed E-state index contributed by atoms with van der Waals surface area (Å²) in [6.07, 6.45) is 10.6. The quantitative estimate of drug-likeness (QED) is 0.772. The normalized spacial score (nSPS) is 19.3. The van der Waals surface area contributed by atoms with E-state index in [1.807, 2.05) is 0 Å². The molecule has 2 nitrogen and oxygen atoms in total. The first kappa shape index (κ1) is 15.0. The van der Waals surface area contributed by atoms with E-state index in [1.165, 1.54) is 38.5 Å². The average Bonchev–Trinajstić information content (AvgIpc) is 2.69. The summed E-state index contributed by atoms with van der Waals surface area (Å²) in [5, 5.41) is 3.65. The zero-order chi connectivity index (χ0) is 13.5. The maximum atomic E-state index is 5.80. The van der Waals surface area contributed by atoms with Gasteiger partial charge in [0, 0.05) is 6.04 Å². The van der Waals surface area contributed by atoms with Crippen LogP contribution in [0.3, 0.4) is 0 Å². The molecule has 1 aliphatic rings. The number of nitrogens with one attached hydrogen (secondary N) is 1. The van der Waals surface area contributed by atoms with E-state index < -0.39 is 0 Å². The first-order chi connectivity index (χ1) is 9.29. The van der Waals surface area contributed by atoms with Crippen LogP contribution in [-0.4, -0.2) is 12.3 Å². The fraction of sp³-hybridized carbons (Fsp3) is 0.750. The Balaban J connectivity index is 1.76. The zero-order valence-electron chi connectivity index (χ0n) is 12.3. The smallest absolute Gasteiger partial charge is 0.118 e. The largest absolute Gasteiger partial charge is 0.464 e. The summed E-state index contributed by atoms with van der Waals surface area (Å²) in [7, 11) is 0. The monoisotopic (exact) mass is 281 g/mol. The highest BCUT2D eigenvalue weighted by molar-refractivity contribution is 7.97. The van der Waals surface area contributed by atoms with Crippen LogP contribution in [0.1, 0.15) is 57.0 Å². The van der Waals surface area contributed by atoms with Gasteiger partial charge in [-0.2, -0.15) is 11.8 Å². The molecule has 19 heavy (non-hydrogen) atoms. The Morgan fingerprint density at radius 3 is 2.58 bits per heavy atom. The van der Waals surface area contributed by atoms with Crippen LogP contribution in [0.15, 0.2) is 16.5 Å². The number of rotatable bonds is 6. The van der Waals surface area contributed by atoms with Crippen LogP contribution in [0.2, 0.25) is 0 Å². The number of furan rings is 1. The first-order valence-electron chi connectivity index (χ1n) is 7.59. The van der Waals surface area contributed by atoms with Crippen LogP contribution in [0.25, 0.3) is 0 Å². The molecule has 1 atom stereocenters. The van der Waals surface area contributed by atoms with Gasteiger partial charge in [-0.1, -0.05) is 25.7 Å². The van der Waals surface area contributed by atoms with Gasteiger partial charge in [-0.15, -0.1) is 0 Å². The molecule has 1 saturated carbocycles. The van der Waals surface area contributed by atoms with Crippen LogP contribution in [0.4, 0.5) is 0 Å². The molecule has 0 spiro atoms. The average molecular weight is 281 g/mol. The molecule has 0 unspecified atom stereocenters. The lowest BCUT2D eigenvalue weighted by molar-refractivity contribution is 0.325. The van der Waals surface area contributed by atoms with Gasteiger partial charge >= 0.3 is 0 Å². The molecule has 1 aliphatic carbocycles. The van der Waals surface area contributed by atoms with E-state index in [2.05, 4.69) is 30.6 Å². The third kappa shape index (κ3) is 4.88. The van der Waals surface area contributed by atoms with Gasteiger partial charge in [0.1, 0.15) is 11.5 Å². The van der Waals surface area contributed by atoms with Crippen molar-refractivity contribution in [3.8, 4) is 0 Å². The van der Waals surface area contributed by atoms with E-state index in [0.29, 0.717) is 6.04 Å². The standard InChI is InChI=1S/C16H27NOS/c1-13(14-7-5-3-4-6-8-14)17-11-15-9-10-16(18-15)12-19-2/h9-10,13-14,17H,3-8,11-12H2,1-2H3/t13-/m0/s1. The van der Waals surface area contributed by atoms with Gasteiger partial charge in [-0.3, -0.25) is 0 Å². The summed E-state index contributed by atoms with van der Waals surface area (Å²) < 4.78 is 5.80. The Kier molecular flexibility index (Phi) is 6.32. The molecular formula is C16H27NOS. The highest BCUT2D eigenvalue weighted by Crippen LogP contribution is 2.25. The van der Waals surface area contributed by atoms with Crippen molar-refractivity contribution in [2.45, 2.75) is 63.8 Å². The molecule has 1 N–H and O–H groups in total. The summed E-state index contributed by atoms with van der Waals surface area (Å²) in [5.41, 5.74) is 0. The molecule has 3 heteroatoms. The van der Waals surface area contributed by atoms with Crippen molar-refractivity contribution in [3.63, 3.8) is 0 Å². The van der Waals surface area contributed by atoms with Crippen LogP contribution < -0.4 is 5.32 Å². The van der Waals surface area contributed by atoms with E-state index in [-0.39, 0.29) is 0 Å². The van der Waals surface area contributed by atoms with E-state index in [9.17, 15) is 0 Å². The van der Waals surface area contributed by atoms with Gasteiger partial charge in [0.15, 0.2) is 0 Å². The van der Waals surface area contributed by atoms with Crippen molar-refractivity contribution in [1.29, 1.82) is 0 Å². The van der Waals surface area contributed by atoms with Crippen molar-refractivity contribution >= 4 is 11.8 Å². The van der Waals surface area contributed by atoms with Crippen LogP contribution in [0, 0.1) is 5.92 Å². The molecule has 0 radical (unpaired) electrons. The van der Waals surface area contributed by atoms with Gasteiger partial charge in [-0.05, 0) is 44.1 Å². The predicted octanol–water partition coefficient (Wildman–Crippen LogP) is 4.59. The maximum absolute atomic E-state index is 5.80. The second-order valence-electron chi connectivity index (χ2n) is 5.72. The number of thioether (sulfide) groups is 1. The molecule has 0 bridgehead atoms. The summed E-state index contributed by atoms with van der Waals surface area (Å²) >= 11 is 1.80. The Morgan fingerprint density at radius 1 is 1.21 bits per heavy atom. The third-order valence-corrected chi connectivity index (χ3v) is 4.78. The second-order valence-corrected chi connectivity index (χ2v) is 6.59. The molecule has 1 aromatic rings. The Hall–Kier alpha value is -0.410. The minimum atomic E-state index is 0.604. The van der Waals surface area contributed by atoms with Crippen molar-refractivity contribution in [2.24, 2.45) is 5.92 Å². The maximum Gasteiger partial charge on any atom is 0.118 e. The lowest BCUT2D eigenvalue weighted by Crippen LogP contribution is -2.32. The lowest BCUT2D eigenvalue weighted by atomic mass is 9.93. The highest BCUT2D eigenvalue weighted by Gasteiger charge is 2.18. The van der Waals surface area contributed by atoms with Gasteiger partial charge in [0.2, 0.25) is 0 Å².